The van der Waals surface area contributed by atoms with Crippen molar-refractivity contribution in [3.63, 3.8) is 0 Å². The first-order valence-corrected chi connectivity index (χ1v) is 17.6. The zero-order valence-corrected chi connectivity index (χ0v) is 28.5. The second-order valence-corrected chi connectivity index (χ2v) is 13.7. The number of carboxylic acids is 1. The van der Waals surface area contributed by atoms with Gasteiger partial charge in [0.15, 0.2) is 6.04 Å². The number of H-pyrrole nitrogens is 1. The van der Waals surface area contributed by atoms with Gasteiger partial charge in [-0.3, -0.25) is 19.2 Å². The number of amides is 4. The summed E-state index contributed by atoms with van der Waals surface area (Å²) in [4.78, 5) is 73.2. The van der Waals surface area contributed by atoms with E-state index in [9.17, 15) is 29.1 Å². The van der Waals surface area contributed by atoms with Crippen molar-refractivity contribution in [2.24, 2.45) is 17.8 Å². The molecular weight excluding hydrogens is 628 g/mol. The van der Waals surface area contributed by atoms with Gasteiger partial charge in [-0.15, -0.1) is 0 Å². The van der Waals surface area contributed by atoms with Gasteiger partial charge in [0.05, 0.1) is 24.9 Å². The largest absolute Gasteiger partial charge is 0.548 e. The van der Waals surface area contributed by atoms with Gasteiger partial charge in [-0.1, -0.05) is 49.6 Å². The molecule has 8 unspecified atom stereocenters. The van der Waals surface area contributed by atoms with Crippen LogP contribution in [-0.4, -0.2) is 70.3 Å². The van der Waals surface area contributed by atoms with Gasteiger partial charge in [0, 0.05) is 18.3 Å². The molecule has 11 N–H and O–H groups in total. The molecule has 2 fully saturated rings. The molecule has 14 heteroatoms. The number of unbranched alkanes of at least 4 members (excludes halogenated alkanes) is 1. The van der Waals surface area contributed by atoms with Crippen molar-refractivity contribution in [3.05, 3.63) is 54.1 Å². The third-order valence-corrected chi connectivity index (χ3v) is 9.99. The first kappa shape index (κ1) is 37.5. The number of quaternary nitrogens is 2. The lowest BCUT2D eigenvalue weighted by Crippen LogP contribution is -2.67. The Hall–Kier alpha value is -4.30. The van der Waals surface area contributed by atoms with Crippen LogP contribution in [0.5, 0.6) is 0 Å². The molecule has 2 aliphatic carbocycles. The van der Waals surface area contributed by atoms with Crippen LogP contribution in [0.25, 0.3) is 0 Å². The van der Waals surface area contributed by atoms with Gasteiger partial charge < -0.3 is 47.6 Å². The van der Waals surface area contributed by atoms with E-state index in [-0.39, 0.29) is 25.2 Å². The summed E-state index contributed by atoms with van der Waals surface area (Å²) in [5.74, 6) is -2.42. The van der Waals surface area contributed by atoms with E-state index >= 15 is 0 Å². The summed E-state index contributed by atoms with van der Waals surface area (Å²) in [6.07, 6.45) is 11.5. The van der Waals surface area contributed by atoms with E-state index in [1.165, 1.54) is 19.2 Å². The quantitative estimate of drug-likeness (QED) is 0.0934. The van der Waals surface area contributed by atoms with E-state index in [4.69, 9.17) is 0 Å². The van der Waals surface area contributed by atoms with E-state index < -0.39 is 59.8 Å². The van der Waals surface area contributed by atoms with E-state index in [2.05, 4.69) is 42.7 Å². The lowest BCUT2D eigenvalue weighted by atomic mass is 9.76. The third kappa shape index (κ3) is 10.8. The van der Waals surface area contributed by atoms with Crippen molar-refractivity contribution in [2.45, 2.75) is 108 Å². The Morgan fingerprint density at radius 2 is 1.57 bits per heavy atom. The van der Waals surface area contributed by atoms with Gasteiger partial charge in [-0.05, 0) is 75.2 Å². The maximum absolute atomic E-state index is 13.9. The van der Waals surface area contributed by atoms with E-state index in [1.807, 2.05) is 0 Å². The number of aliphatic carboxylic acids is 1. The molecule has 1 heterocycles. The third-order valence-electron chi connectivity index (χ3n) is 9.99. The van der Waals surface area contributed by atoms with Crippen LogP contribution in [0, 0.1) is 17.8 Å². The topological polar surface area (TPSA) is 240 Å². The number of carbonyl (C=O) groups excluding carboxylic acids is 5. The average molecular weight is 682 g/mol. The SMILES string of the molecule is CC([NH3+])C(=O)NC(Cc1cnc[nH]1)C(=O)NC(CCCC[NH3+])C(=O)NC(C(=O)NC(CC1CCC2CCCCC21)C(=O)[O-])c1ccccc1. The summed E-state index contributed by atoms with van der Waals surface area (Å²) in [6.45, 7) is 2.24. The molecular formula is C35H53N8O6+. The number of benzene rings is 1. The van der Waals surface area contributed by atoms with Crippen molar-refractivity contribution in [2.75, 3.05) is 6.54 Å². The molecule has 14 nitrogen and oxygen atoms in total. The molecule has 0 bridgehead atoms. The van der Waals surface area contributed by atoms with Gasteiger partial charge in [0.1, 0.15) is 18.1 Å². The number of rotatable bonds is 18. The lowest BCUT2D eigenvalue weighted by Gasteiger charge is -2.32. The molecule has 2 aliphatic rings. The van der Waals surface area contributed by atoms with E-state index in [0.717, 1.165) is 25.7 Å². The molecule has 0 aliphatic heterocycles. The second-order valence-electron chi connectivity index (χ2n) is 13.7. The van der Waals surface area contributed by atoms with Crippen molar-refractivity contribution >= 4 is 29.6 Å². The Balaban J connectivity index is 1.51. The van der Waals surface area contributed by atoms with Gasteiger partial charge in [0.2, 0.25) is 17.7 Å². The normalized spacial score (nSPS) is 21.7. The molecule has 2 aromatic rings. The second kappa shape index (κ2) is 18.5. The minimum atomic E-state index is -1.36. The molecule has 8 atom stereocenters. The Morgan fingerprint density at radius 1 is 0.878 bits per heavy atom. The van der Waals surface area contributed by atoms with Gasteiger partial charge >= 0.3 is 0 Å². The maximum Gasteiger partial charge on any atom is 0.278 e. The summed E-state index contributed by atoms with van der Waals surface area (Å²) in [5, 5.41) is 23.3. The van der Waals surface area contributed by atoms with Gasteiger partial charge in [-0.25, -0.2) is 4.98 Å². The lowest BCUT2D eigenvalue weighted by molar-refractivity contribution is -0.398. The standard InChI is InChI=1S/C35H52N8O6/c1-21(37)31(44)41-28(18-25-19-38-20-39-25)33(46)40-27(13-7-8-16-36)32(45)43-30(23-10-3-2-4-11-23)34(47)42-29(35(48)49)17-24-15-14-22-9-5-6-12-26(22)24/h2-4,10-11,19-22,24,26-30H,5-9,12-18,36-37H2,1H3,(H,38,39)(H,40,46)(H,41,44)(H,42,47)(H,43,45)(H,48,49)/p+1. The highest BCUT2D eigenvalue weighted by Crippen LogP contribution is 2.47. The van der Waals surface area contributed by atoms with Crippen LogP contribution in [-0.2, 0) is 30.4 Å². The number of fused-ring (bicyclic) bond motifs is 1. The molecule has 49 heavy (non-hydrogen) atoms. The smallest absolute Gasteiger partial charge is 0.278 e. The van der Waals surface area contributed by atoms with Crippen molar-refractivity contribution in [1.29, 1.82) is 0 Å². The van der Waals surface area contributed by atoms with Crippen LogP contribution in [0.4, 0.5) is 0 Å². The maximum atomic E-state index is 13.9. The zero-order chi connectivity index (χ0) is 35.3. The van der Waals surface area contributed by atoms with E-state index in [1.54, 1.807) is 43.5 Å². The molecule has 0 radical (unpaired) electrons. The number of carbonyl (C=O) groups is 5. The number of hydrogen-bond acceptors (Lipinski definition) is 7. The first-order valence-electron chi connectivity index (χ1n) is 17.6. The Bertz CT molecular complexity index is 1390. The summed E-state index contributed by atoms with van der Waals surface area (Å²) in [5.41, 5.74) is 8.65. The number of nitrogens with one attached hydrogen (secondary N) is 5. The fourth-order valence-corrected chi connectivity index (χ4v) is 7.32. The molecule has 4 rings (SSSR count). The van der Waals surface area contributed by atoms with Crippen molar-refractivity contribution < 1.29 is 40.5 Å². The van der Waals surface area contributed by atoms with Gasteiger partial charge in [0.25, 0.3) is 5.91 Å². The number of imidazole rings is 1. The fraction of sp³-hybridized carbons (Fsp3) is 0.600. The summed E-state index contributed by atoms with van der Waals surface area (Å²) >= 11 is 0. The highest BCUT2D eigenvalue weighted by Gasteiger charge is 2.39. The van der Waals surface area contributed by atoms with Crippen molar-refractivity contribution in [1.82, 2.24) is 31.2 Å². The van der Waals surface area contributed by atoms with Crippen LogP contribution in [0.2, 0.25) is 0 Å². The number of nitrogens with zero attached hydrogens (tertiary/aromatic N) is 1. The van der Waals surface area contributed by atoms with Crippen LogP contribution >= 0.6 is 0 Å². The molecule has 268 valence electrons. The predicted octanol–water partition coefficient (Wildman–Crippen LogP) is -1.34. The van der Waals surface area contributed by atoms with Crippen LogP contribution in [0.1, 0.15) is 88.4 Å². The minimum Gasteiger partial charge on any atom is -0.548 e. The number of aromatic amines is 1. The molecule has 2 saturated carbocycles. The molecule has 0 spiro atoms. The summed E-state index contributed by atoms with van der Waals surface area (Å²) < 4.78 is 0. The predicted molar refractivity (Wildman–Crippen MR) is 177 cm³/mol. The monoisotopic (exact) mass is 681 g/mol. The summed E-state index contributed by atoms with van der Waals surface area (Å²) in [6, 6.07) is 3.40. The Labute approximate surface area is 287 Å². The zero-order valence-electron chi connectivity index (χ0n) is 28.5. The molecule has 4 amide bonds. The van der Waals surface area contributed by atoms with Crippen LogP contribution in [0.3, 0.4) is 0 Å². The average Bonchev–Trinajstić information content (AvgIpc) is 3.76. The highest BCUT2D eigenvalue weighted by molar-refractivity contribution is 5.95. The summed E-state index contributed by atoms with van der Waals surface area (Å²) in [7, 11) is 0. The number of hydrogen-bond donors (Lipinski definition) is 7. The Morgan fingerprint density at radius 3 is 2.24 bits per heavy atom. The van der Waals surface area contributed by atoms with Crippen LogP contribution < -0.4 is 37.8 Å². The van der Waals surface area contributed by atoms with E-state index in [0.29, 0.717) is 42.5 Å². The number of aromatic nitrogens is 2. The number of carboxylic acid groups (broad SMARTS) is 1. The van der Waals surface area contributed by atoms with Crippen molar-refractivity contribution in [3.8, 4) is 0 Å². The molecule has 0 saturated heterocycles. The fourth-order valence-electron chi connectivity index (χ4n) is 7.32. The first-order chi connectivity index (χ1) is 23.6. The highest BCUT2D eigenvalue weighted by atomic mass is 16.4. The molecule has 1 aromatic carbocycles. The Kier molecular flexibility index (Phi) is 14.1. The van der Waals surface area contributed by atoms with Crippen LogP contribution in [0.15, 0.2) is 42.9 Å². The van der Waals surface area contributed by atoms with Gasteiger partial charge in [-0.2, -0.15) is 0 Å². The minimum absolute atomic E-state index is 0.0970. The molecule has 1 aromatic heterocycles.